The number of likely N-dealkylation sites (N-methyl/N-ethyl adjacent to an activating group) is 1. The van der Waals surface area contributed by atoms with E-state index in [0.29, 0.717) is 46.3 Å². The summed E-state index contributed by atoms with van der Waals surface area (Å²) in [4.78, 5) is 42.8. The smallest absolute Gasteiger partial charge is 0.262 e. The molecule has 0 bridgehead atoms. The summed E-state index contributed by atoms with van der Waals surface area (Å²) in [5, 5.41) is 14.1. The third-order valence-electron chi connectivity index (χ3n) is 7.20. The largest absolute Gasteiger partial charge is 0.508 e. The lowest BCUT2D eigenvalue weighted by atomic mass is 9.81. The molecule has 1 aromatic heterocycles. The Morgan fingerprint density at radius 3 is 2.21 bits per heavy atom. The number of aromatic hydroxyl groups is 1. The summed E-state index contributed by atoms with van der Waals surface area (Å²) in [5.74, 6) is -0.944. The number of unbranched alkanes of at least 4 members (excludes halogenated alkanes) is 2. The van der Waals surface area contributed by atoms with Gasteiger partial charge in [0.15, 0.2) is 0 Å². The fraction of sp³-hybridized carbons (Fsp3) is 0.281. The van der Waals surface area contributed by atoms with E-state index in [1.807, 2.05) is 36.4 Å². The average molecular weight is 526 g/mol. The maximum absolute atomic E-state index is 14.6. The van der Waals surface area contributed by atoms with Crippen LogP contribution in [0.4, 0.5) is 5.69 Å². The van der Waals surface area contributed by atoms with Crippen LogP contribution in [-0.4, -0.2) is 34.4 Å². The highest BCUT2D eigenvalue weighted by Crippen LogP contribution is 2.41. The van der Waals surface area contributed by atoms with E-state index < -0.39 is 5.54 Å². The summed E-state index contributed by atoms with van der Waals surface area (Å²) in [5.41, 5.74) is 1.28. The van der Waals surface area contributed by atoms with E-state index in [1.54, 1.807) is 59.8 Å². The van der Waals surface area contributed by atoms with Crippen molar-refractivity contribution in [1.82, 2.24) is 9.88 Å². The molecule has 0 saturated carbocycles. The number of anilines is 1. The number of hydrogen-bond acceptors (Lipinski definition) is 4. The maximum atomic E-state index is 14.6. The number of amides is 2. The highest BCUT2D eigenvalue weighted by Gasteiger charge is 2.46. The van der Waals surface area contributed by atoms with Crippen molar-refractivity contribution in [2.75, 3.05) is 11.9 Å². The molecule has 0 fully saturated rings. The number of nitrogens with one attached hydrogen (secondary N) is 1. The number of phenolic OH excluding ortho intramolecular Hbond substituents is 1. The van der Waals surface area contributed by atoms with Crippen molar-refractivity contribution < 1.29 is 19.5 Å². The molecule has 1 heterocycles. The Morgan fingerprint density at radius 1 is 0.949 bits per heavy atom. The minimum atomic E-state index is -1.48. The van der Waals surface area contributed by atoms with E-state index in [9.17, 15) is 19.5 Å². The molecule has 202 valence electrons. The van der Waals surface area contributed by atoms with Crippen molar-refractivity contribution >= 4 is 34.3 Å². The average Bonchev–Trinajstić information content (AvgIpc) is 3.23. The van der Waals surface area contributed by atoms with E-state index in [0.717, 1.165) is 12.8 Å². The van der Waals surface area contributed by atoms with E-state index in [4.69, 9.17) is 0 Å². The molecule has 39 heavy (non-hydrogen) atoms. The van der Waals surface area contributed by atoms with E-state index in [1.165, 1.54) is 13.0 Å². The number of nitrogens with zero attached hydrogens (tertiary/aromatic N) is 2. The molecule has 7 heteroatoms. The van der Waals surface area contributed by atoms with Gasteiger partial charge in [-0.1, -0.05) is 62.6 Å². The highest BCUT2D eigenvalue weighted by molar-refractivity contribution is 6.09. The maximum Gasteiger partial charge on any atom is 0.262 e. The Labute approximate surface area is 229 Å². The Balaban J connectivity index is 2.04. The molecule has 2 amide bonds. The second-order valence-corrected chi connectivity index (χ2v) is 9.91. The van der Waals surface area contributed by atoms with Crippen molar-refractivity contribution in [3.8, 4) is 5.75 Å². The van der Waals surface area contributed by atoms with Gasteiger partial charge in [0.1, 0.15) is 11.3 Å². The Bertz CT molecular complexity index is 1490. The molecule has 4 rings (SSSR count). The lowest BCUT2D eigenvalue weighted by molar-refractivity contribution is -0.131. The van der Waals surface area contributed by atoms with Gasteiger partial charge in [-0.3, -0.25) is 19.0 Å². The normalized spacial score (nSPS) is 12.6. The number of hydrogen-bond donors (Lipinski definition) is 2. The van der Waals surface area contributed by atoms with Gasteiger partial charge in [0.05, 0.1) is 5.52 Å². The summed E-state index contributed by atoms with van der Waals surface area (Å²) >= 11 is 0. The first-order chi connectivity index (χ1) is 18.7. The Morgan fingerprint density at radius 2 is 1.59 bits per heavy atom. The first-order valence-corrected chi connectivity index (χ1v) is 13.3. The topological polar surface area (TPSA) is 91.6 Å². The van der Waals surface area contributed by atoms with Crippen LogP contribution in [0.1, 0.15) is 61.1 Å². The number of benzene rings is 3. The monoisotopic (exact) mass is 525 g/mol. The number of phenols is 1. The van der Waals surface area contributed by atoms with Crippen LogP contribution in [0.2, 0.25) is 0 Å². The number of carbonyl (C=O) groups excluding carboxylic acids is 3. The predicted octanol–water partition coefficient (Wildman–Crippen LogP) is 5.92. The summed E-state index contributed by atoms with van der Waals surface area (Å²) in [6.45, 7) is 5.26. The van der Waals surface area contributed by atoms with Crippen LogP contribution < -0.4 is 10.2 Å². The van der Waals surface area contributed by atoms with Crippen molar-refractivity contribution in [2.24, 2.45) is 0 Å². The van der Waals surface area contributed by atoms with E-state index in [2.05, 4.69) is 12.2 Å². The van der Waals surface area contributed by atoms with Crippen LogP contribution in [0, 0.1) is 6.92 Å². The van der Waals surface area contributed by atoms with Gasteiger partial charge < -0.3 is 15.3 Å². The van der Waals surface area contributed by atoms with Crippen LogP contribution in [-0.2, 0) is 15.1 Å². The SMILES string of the molecule is CCCCCC(NC(C)=O)(C(=O)N(C)c1ccccc1)c1c(C)n(C(=O)c2ccccc2)c2ccc(O)cc12. The van der Waals surface area contributed by atoms with Crippen molar-refractivity contribution in [1.29, 1.82) is 0 Å². The zero-order valence-corrected chi connectivity index (χ0v) is 22.9. The molecule has 1 unspecified atom stereocenters. The Hall–Kier alpha value is -4.39. The zero-order chi connectivity index (χ0) is 28.2. The van der Waals surface area contributed by atoms with Gasteiger partial charge >= 0.3 is 0 Å². The van der Waals surface area contributed by atoms with Gasteiger partial charge in [0.25, 0.3) is 11.8 Å². The zero-order valence-electron chi connectivity index (χ0n) is 22.9. The quantitative estimate of drug-likeness (QED) is 0.266. The van der Waals surface area contributed by atoms with Crippen molar-refractivity contribution in [3.63, 3.8) is 0 Å². The standard InChI is InChI=1S/C32H35N3O4/c1-5-6-13-20-32(33-23(3)36,31(39)34(4)25-16-11-8-12-17-25)29-22(2)35(28-19-18-26(37)21-27(28)29)30(38)24-14-9-7-10-15-24/h7-12,14-19,21,37H,5-6,13,20H2,1-4H3,(H,33,36). The van der Waals surface area contributed by atoms with Gasteiger partial charge in [-0.2, -0.15) is 0 Å². The van der Waals surface area contributed by atoms with Gasteiger partial charge in [-0.05, 0) is 55.8 Å². The molecular formula is C32H35N3O4. The number of para-hydroxylation sites is 1. The summed E-state index contributed by atoms with van der Waals surface area (Å²) in [6.07, 6.45) is 2.77. The van der Waals surface area contributed by atoms with Crippen LogP contribution in [0.25, 0.3) is 10.9 Å². The predicted molar refractivity (Wildman–Crippen MR) is 154 cm³/mol. The van der Waals surface area contributed by atoms with Crippen LogP contribution in [0.3, 0.4) is 0 Å². The second-order valence-electron chi connectivity index (χ2n) is 9.91. The fourth-order valence-electron chi connectivity index (χ4n) is 5.43. The molecule has 2 N–H and O–H groups in total. The molecule has 7 nitrogen and oxygen atoms in total. The summed E-state index contributed by atoms with van der Waals surface area (Å²) in [6, 6.07) is 22.9. The molecule has 1 atom stereocenters. The summed E-state index contributed by atoms with van der Waals surface area (Å²) in [7, 11) is 1.69. The number of carbonyl (C=O) groups is 3. The lowest BCUT2D eigenvalue weighted by Gasteiger charge is -2.37. The molecule has 3 aromatic carbocycles. The van der Waals surface area contributed by atoms with Crippen molar-refractivity contribution in [2.45, 2.75) is 52.0 Å². The molecule has 4 aromatic rings. The molecule has 0 saturated heterocycles. The molecule has 0 aliphatic carbocycles. The molecule has 0 aliphatic heterocycles. The van der Waals surface area contributed by atoms with Gasteiger partial charge in [0.2, 0.25) is 5.91 Å². The van der Waals surface area contributed by atoms with E-state index >= 15 is 0 Å². The first kappa shape index (κ1) is 27.6. The van der Waals surface area contributed by atoms with Gasteiger partial charge in [-0.15, -0.1) is 0 Å². The number of fused-ring (bicyclic) bond motifs is 1. The first-order valence-electron chi connectivity index (χ1n) is 13.3. The van der Waals surface area contributed by atoms with Crippen LogP contribution >= 0.6 is 0 Å². The molecule has 0 radical (unpaired) electrons. The number of rotatable bonds is 9. The highest BCUT2D eigenvalue weighted by atomic mass is 16.3. The summed E-state index contributed by atoms with van der Waals surface area (Å²) < 4.78 is 1.58. The van der Waals surface area contributed by atoms with Gasteiger partial charge in [0, 0.05) is 41.9 Å². The second kappa shape index (κ2) is 11.6. The minimum absolute atomic E-state index is 0.00204. The molecule has 0 aliphatic rings. The number of aromatic nitrogens is 1. The Kier molecular flexibility index (Phi) is 8.19. The molecular weight excluding hydrogens is 490 g/mol. The third kappa shape index (κ3) is 5.30. The minimum Gasteiger partial charge on any atom is -0.508 e. The fourth-order valence-corrected chi connectivity index (χ4v) is 5.43. The van der Waals surface area contributed by atoms with Crippen LogP contribution in [0.15, 0.2) is 78.9 Å². The van der Waals surface area contributed by atoms with Crippen molar-refractivity contribution in [3.05, 3.63) is 95.7 Å². The van der Waals surface area contributed by atoms with Crippen LogP contribution in [0.5, 0.6) is 5.75 Å². The molecule has 0 spiro atoms. The lowest BCUT2D eigenvalue weighted by Crippen LogP contribution is -2.56. The van der Waals surface area contributed by atoms with E-state index in [-0.39, 0.29) is 23.5 Å². The third-order valence-corrected chi connectivity index (χ3v) is 7.20. The van der Waals surface area contributed by atoms with Gasteiger partial charge in [-0.25, -0.2) is 0 Å².